The lowest BCUT2D eigenvalue weighted by Crippen LogP contribution is -2.28. The Morgan fingerprint density at radius 3 is 2.42 bits per heavy atom. The van der Waals surface area contributed by atoms with E-state index in [9.17, 15) is 22.4 Å². The summed E-state index contributed by atoms with van der Waals surface area (Å²) in [7, 11) is 0. The number of halogens is 4. The molecule has 0 aliphatic carbocycles. The average Bonchev–Trinajstić information content (AvgIpc) is 2.53. The zero-order valence-electron chi connectivity index (χ0n) is 12.3. The summed E-state index contributed by atoms with van der Waals surface area (Å²) in [6.07, 6.45) is 0. The van der Waals surface area contributed by atoms with Crippen molar-refractivity contribution in [3.8, 4) is 11.5 Å². The molecule has 2 aromatic rings. The quantitative estimate of drug-likeness (QED) is 0.785. The van der Waals surface area contributed by atoms with Crippen LogP contribution in [0.25, 0.3) is 0 Å². The summed E-state index contributed by atoms with van der Waals surface area (Å²) < 4.78 is 59.2. The highest BCUT2D eigenvalue weighted by Gasteiger charge is 2.08. The monoisotopic (exact) mass is 343 g/mol. The number of carbonyl (C=O) groups excluding carboxylic acids is 1. The lowest BCUT2D eigenvalue weighted by atomic mass is 10.2. The molecule has 4 nitrogen and oxygen atoms in total. The van der Waals surface area contributed by atoms with Crippen LogP contribution in [0.1, 0.15) is 5.56 Å². The van der Waals surface area contributed by atoms with E-state index in [2.05, 4.69) is 10.1 Å². The highest BCUT2D eigenvalue weighted by molar-refractivity contribution is 5.77. The van der Waals surface area contributed by atoms with Gasteiger partial charge in [0.05, 0.1) is 0 Å². The topological polar surface area (TPSA) is 47.6 Å². The number of rotatable bonds is 7. The van der Waals surface area contributed by atoms with Crippen molar-refractivity contribution in [2.45, 2.75) is 13.2 Å². The molecular weight excluding hydrogens is 330 g/mol. The fourth-order valence-corrected chi connectivity index (χ4v) is 1.78. The smallest absolute Gasteiger partial charge is 0.387 e. The van der Waals surface area contributed by atoms with Crippen molar-refractivity contribution < 1.29 is 31.8 Å². The number of carbonyl (C=O) groups is 1. The number of amides is 1. The third-order valence-corrected chi connectivity index (χ3v) is 2.89. The van der Waals surface area contributed by atoms with Crippen molar-refractivity contribution in [2.24, 2.45) is 0 Å². The predicted molar refractivity (Wildman–Crippen MR) is 76.8 cm³/mol. The molecule has 0 fully saturated rings. The molecule has 0 bridgehead atoms. The van der Waals surface area contributed by atoms with E-state index in [1.54, 1.807) is 0 Å². The summed E-state index contributed by atoms with van der Waals surface area (Å²) >= 11 is 0. The van der Waals surface area contributed by atoms with Crippen LogP contribution in [0.2, 0.25) is 0 Å². The molecule has 0 aliphatic heterocycles. The zero-order chi connectivity index (χ0) is 17.5. The van der Waals surface area contributed by atoms with Crippen LogP contribution in [0.15, 0.2) is 42.5 Å². The molecule has 0 aliphatic rings. The third-order valence-electron chi connectivity index (χ3n) is 2.89. The Morgan fingerprint density at radius 1 is 1.08 bits per heavy atom. The van der Waals surface area contributed by atoms with E-state index < -0.39 is 30.8 Å². The summed E-state index contributed by atoms with van der Waals surface area (Å²) in [4.78, 5) is 11.6. The molecule has 0 aromatic heterocycles. The first-order chi connectivity index (χ1) is 11.4. The van der Waals surface area contributed by atoms with Gasteiger partial charge in [-0.2, -0.15) is 8.78 Å². The Morgan fingerprint density at radius 2 is 1.79 bits per heavy atom. The van der Waals surface area contributed by atoms with Gasteiger partial charge in [-0.1, -0.05) is 12.1 Å². The van der Waals surface area contributed by atoms with E-state index in [4.69, 9.17) is 4.74 Å². The van der Waals surface area contributed by atoms with Crippen LogP contribution in [-0.2, 0) is 11.3 Å². The lowest BCUT2D eigenvalue weighted by Gasteiger charge is -2.09. The van der Waals surface area contributed by atoms with Crippen molar-refractivity contribution in [1.29, 1.82) is 0 Å². The van der Waals surface area contributed by atoms with E-state index in [0.717, 1.165) is 12.1 Å². The summed E-state index contributed by atoms with van der Waals surface area (Å²) in [5, 5.41) is 2.51. The molecule has 128 valence electrons. The molecule has 0 heterocycles. The Labute approximate surface area is 135 Å². The summed E-state index contributed by atoms with van der Waals surface area (Å²) in [5.74, 6) is -2.40. The molecule has 2 aromatic carbocycles. The second-order valence-corrected chi connectivity index (χ2v) is 4.66. The normalized spacial score (nSPS) is 10.5. The standard InChI is InChI=1S/C16H13F4NO3/c17-11-3-6-14(13(18)7-11)23-9-15(22)21-8-10-1-4-12(5-2-10)24-16(19)20/h1-7,16H,8-9H2,(H,21,22). The van der Waals surface area contributed by atoms with Crippen LogP contribution in [0.3, 0.4) is 0 Å². The fraction of sp³-hybridized carbons (Fsp3) is 0.188. The van der Waals surface area contributed by atoms with Gasteiger partial charge in [-0.25, -0.2) is 8.78 Å². The Balaban J connectivity index is 1.78. The van der Waals surface area contributed by atoms with Gasteiger partial charge < -0.3 is 14.8 Å². The first-order valence-electron chi connectivity index (χ1n) is 6.82. The number of alkyl halides is 2. The molecule has 2 rings (SSSR count). The van der Waals surface area contributed by atoms with Crippen molar-refractivity contribution in [2.75, 3.05) is 6.61 Å². The van der Waals surface area contributed by atoms with Crippen LogP contribution in [0.4, 0.5) is 17.6 Å². The minimum Gasteiger partial charge on any atom is -0.481 e. The maximum absolute atomic E-state index is 13.3. The molecule has 1 N–H and O–H groups in total. The van der Waals surface area contributed by atoms with Crippen molar-refractivity contribution in [3.05, 3.63) is 59.7 Å². The minimum absolute atomic E-state index is 0.00944. The molecule has 1 amide bonds. The summed E-state index contributed by atoms with van der Waals surface area (Å²) in [6.45, 7) is -3.22. The van der Waals surface area contributed by atoms with Crippen LogP contribution < -0.4 is 14.8 Å². The number of hydrogen-bond acceptors (Lipinski definition) is 3. The SMILES string of the molecule is O=C(COc1ccc(F)cc1F)NCc1ccc(OC(F)F)cc1. The predicted octanol–water partition coefficient (Wildman–Crippen LogP) is 3.26. The molecule has 0 saturated carbocycles. The van der Waals surface area contributed by atoms with Crippen molar-refractivity contribution in [1.82, 2.24) is 5.32 Å². The number of hydrogen-bond donors (Lipinski definition) is 1. The molecule has 0 spiro atoms. The van der Waals surface area contributed by atoms with Crippen LogP contribution in [0, 0.1) is 11.6 Å². The van der Waals surface area contributed by atoms with E-state index >= 15 is 0 Å². The van der Waals surface area contributed by atoms with Gasteiger partial charge in [-0.05, 0) is 29.8 Å². The molecule has 24 heavy (non-hydrogen) atoms. The number of nitrogens with one attached hydrogen (secondary N) is 1. The van der Waals surface area contributed by atoms with Gasteiger partial charge in [0.1, 0.15) is 11.6 Å². The first kappa shape index (κ1) is 17.6. The van der Waals surface area contributed by atoms with Gasteiger partial charge in [0.15, 0.2) is 18.2 Å². The van der Waals surface area contributed by atoms with Gasteiger partial charge >= 0.3 is 6.61 Å². The van der Waals surface area contributed by atoms with Crippen LogP contribution in [0.5, 0.6) is 11.5 Å². The minimum atomic E-state index is -2.90. The molecular formula is C16H13F4NO3. The van der Waals surface area contributed by atoms with E-state index in [1.807, 2.05) is 0 Å². The maximum atomic E-state index is 13.3. The van der Waals surface area contributed by atoms with E-state index in [0.29, 0.717) is 11.6 Å². The molecule has 8 heteroatoms. The van der Waals surface area contributed by atoms with E-state index in [-0.39, 0.29) is 18.0 Å². The van der Waals surface area contributed by atoms with Gasteiger partial charge in [-0.15, -0.1) is 0 Å². The average molecular weight is 343 g/mol. The zero-order valence-corrected chi connectivity index (χ0v) is 12.3. The van der Waals surface area contributed by atoms with Crippen LogP contribution >= 0.6 is 0 Å². The number of ether oxygens (including phenoxy) is 2. The van der Waals surface area contributed by atoms with Crippen molar-refractivity contribution >= 4 is 5.91 Å². The second kappa shape index (κ2) is 8.19. The number of benzene rings is 2. The first-order valence-corrected chi connectivity index (χ1v) is 6.82. The van der Waals surface area contributed by atoms with Gasteiger partial charge in [0.25, 0.3) is 5.91 Å². The summed E-state index contributed by atoms with van der Waals surface area (Å²) in [6, 6.07) is 8.46. The Hall–Kier alpha value is -2.77. The molecule has 0 saturated heterocycles. The highest BCUT2D eigenvalue weighted by Crippen LogP contribution is 2.17. The second-order valence-electron chi connectivity index (χ2n) is 4.66. The molecule has 0 atom stereocenters. The third kappa shape index (κ3) is 5.45. The highest BCUT2D eigenvalue weighted by atomic mass is 19.3. The fourth-order valence-electron chi connectivity index (χ4n) is 1.78. The largest absolute Gasteiger partial charge is 0.481 e. The van der Waals surface area contributed by atoms with Crippen molar-refractivity contribution in [3.63, 3.8) is 0 Å². The van der Waals surface area contributed by atoms with E-state index in [1.165, 1.54) is 24.3 Å². The van der Waals surface area contributed by atoms with Gasteiger partial charge in [-0.3, -0.25) is 4.79 Å². The van der Waals surface area contributed by atoms with Crippen LogP contribution in [-0.4, -0.2) is 19.1 Å². The van der Waals surface area contributed by atoms with Gasteiger partial charge in [0, 0.05) is 12.6 Å². The molecule has 0 radical (unpaired) electrons. The Bertz CT molecular complexity index is 692. The maximum Gasteiger partial charge on any atom is 0.387 e. The summed E-state index contributed by atoms with van der Waals surface area (Å²) in [5.41, 5.74) is 0.651. The lowest BCUT2D eigenvalue weighted by molar-refractivity contribution is -0.123. The van der Waals surface area contributed by atoms with Gasteiger partial charge in [0.2, 0.25) is 0 Å². The Kier molecular flexibility index (Phi) is 6.00. The molecule has 0 unspecified atom stereocenters.